The number of carbonyl (C=O) groups is 1. The Kier molecular flexibility index (Phi) is 4.13. The molecule has 0 saturated heterocycles. The lowest BCUT2D eigenvalue weighted by molar-refractivity contribution is -0.117. The van der Waals surface area contributed by atoms with Gasteiger partial charge in [0.2, 0.25) is 0 Å². The second-order valence-corrected chi connectivity index (χ2v) is 4.84. The van der Waals surface area contributed by atoms with Gasteiger partial charge in [0.1, 0.15) is 11.4 Å². The van der Waals surface area contributed by atoms with Crippen molar-refractivity contribution in [3.8, 4) is 0 Å². The number of Topliss-reactive ketones (excluding diaryl/α,β-unsaturated/α-hetero) is 1. The van der Waals surface area contributed by atoms with E-state index in [0.717, 1.165) is 30.3 Å². The molecule has 2 heterocycles. The summed E-state index contributed by atoms with van der Waals surface area (Å²) in [5.41, 5.74) is 0.986. The third kappa shape index (κ3) is 2.78. The molecule has 96 valence electrons. The van der Waals surface area contributed by atoms with Gasteiger partial charge in [-0.2, -0.15) is 0 Å². The van der Waals surface area contributed by atoms with Crippen molar-refractivity contribution in [1.29, 1.82) is 0 Å². The summed E-state index contributed by atoms with van der Waals surface area (Å²) >= 11 is 0. The van der Waals surface area contributed by atoms with Crippen LogP contribution in [0, 0.1) is 0 Å². The fourth-order valence-corrected chi connectivity index (χ4v) is 2.39. The van der Waals surface area contributed by atoms with Crippen LogP contribution in [0.4, 0.5) is 0 Å². The smallest absolute Gasteiger partial charge is 0.140 e. The highest BCUT2D eigenvalue weighted by molar-refractivity contribution is 5.78. The minimum absolute atomic E-state index is 0.244. The monoisotopic (exact) mass is 244 g/mol. The van der Waals surface area contributed by atoms with Crippen LogP contribution in [0.1, 0.15) is 45.6 Å². The van der Waals surface area contributed by atoms with E-state index in [2.05, 4.69) is 34.8 Å². The molecule has 0 aliphatic carbocycles. The lowest BCUT2D eigenvalue weighted by atomic mass is 10.0. The second-order valence-electron chi connectivity index (χ2n) is 4.84. The number of hydrogen-bond donors (Lipinski definition) is 0. The van der Waals surface area contributed by atoms with Gasteiger partial charge in [0, 0.05) is 30.2 Å². The van der Waals surface area contributed by atoms with Gasteiger partial charge in [-0.3, -0.25) is 4.79 Å². The standard InChI is InChI=1S/C15H20N2O/c1-3-4-7-14(11-12(2)18)17-10-8-13-6-5-9-16-15(13)17/h5-6,8-10,14H,3-4,7,11H2,1-2H3. The Bertz CT molecular complexity index is 530. The van der Waals surface area contributed by atoms with Gasteiger partial charge in [-0.1, -0.05) is 19.8 Å². The maximum atomic E-state index is 11.4. The Hall–Kier alpha value is -1.64. The summed E-state index contributed by atoms with van der Waals surface area (Å²) in [7, 11) is 0. The summed E-state index contributed by atoms with van der Waals surface area (Å²) in [5, 5.41) is 1.14. The molecule has 3 nitrogen and oxygen atoms in total. The number of rotatable bonds is 6. The largest absolute Gasteiger partial charge is 0.329 e. The second kappa shape index (κ2) is 5.80. The molecule has 1 atom stereocenters. The lowest BCUT2D eigenvalue weighted by Crippen LogP contribution is -2.12. The van der Waals surface area contributed by atoms with E-state index in [-0.39, 0.29) is 11.8 Å². The van der Waals surface area contributed by atoms with Gasteiger partial charge < -0.3 is 4.57 Å². The van der Waals surface area contributed by atoms with Crippen LogP contribution < -0.4 is 0 Å². The van der Waals surface area contributed by atoms with Crippen molar-refractivity contribution >= 4 is 16.8 Å². The molecule has 0 amide bonds. The lowest BCUT2D eigenvalue weighted by Gasteiger charge is -2.18. The number of carbonyl (C=O) groups excluding carboxylic acids is 1. The predicted octanol–water partition coefficient (Wildman–Crippen LogP) is 3.75. The molecular formula is C15H20N2O. The number of ketones is 1. The summed E-state index contributed by atoms with van der Waals surface area (Å²) in [6, 6.07) is 6.32. The molecule has 0 aliphatic heterocycles. The predicted molar refractivity (Wildman–Crippen MR) is 73.6 cm³/mol. The van der Waals surface area contributed by atoms with E-state index in [0.29, 0.717) is 6.42 Å². The van der Waals surface area contributed by atoms with E-state index >= 15 is 0 Å². The van der Waals surface area contributed by atoms with Crippen LogP contribution in [0.3, 0.4) is 0 Å². The zero-order chi connectivity index (χ0) is 13.0. The van der Waals surface area contributed by atoms with Crippen molar-refractivity contribution < 1.29 is 4.79 Å². The third-order valence-electron chi connectivity index (χ3n) is 3.28. The number of nitrogens with zero attached hydrogens (tertiary/aromatic N) is 2. The maximum Gasteiger partial charge on any atom is 0.140 e. The fraction of sp³-hybridized carbons (Fsp3) is 0.467. The third-order valence-corrected chi connectivity index (χ3v) is 3.28. The Morgan fingerprint density at radius 1 is 1.44 bits per heavy atom. The van der Waals surface area contributed by atoms with Crippen LogP contribution in [-0.2, 0) is 4.79 Å². The molecule has 0 bridgehead atoms. The summed E-state index contributed by atoms with van der Waals surface area (Å²) in [6.45, 7) is 3.84. The molecule has 1 unspecified atom stereocenters. The average Bonchev–Trinajstić information content (AvgIpc) is 2.78. The van der Waals surface area contributed by atoms with Crippen molar-refractivity contribution in [2.75, 3.05) is 0 Å². The number of fused-ring (bicyclic) bond motifs is 1. The van der Waals surface area contributed by atoms with Crippen LogP contribution in [0.15, 0.2) is 30.6 Å². The Balaban J connectivity index is 2.31. The number of aromatic nitrogens is 2. The van der Waals surface area contributed by atoms with Crippen LogP contribution in [0.2, 0.25) is 0 Å². The van der Waals surface area contributed by atoms with Crippen LogP contribution in [0.5, 0.6) is 0 Å². The molecule has 0 aliphatic rings. The molecule has 0 radical (unpaired) electrons. The van der Waals surface area contributed by atoms with Gasteiger partial charge in [0.05, 0.1) is 0 Å². The SMILES string of the molecule is CCCCC(CC(C)=O)n1ccc2cccnc21. The van der Waals surface area contributed by atoms with E-state index < -0.39 is 0 Å². The highest BCUT2D eigenvalue weighted by Gasteiger charge is 2.15. The topological polar surface area (TPSA) is 34.9 Å². The number of pyridine rings is 1. The molecule has 0 N–H and O–H groups in total. The summed E-state index contributed by atoms with van der Waals surface area (Å²) < 4.78 is 2.16. The molecule has 0 saturated carbocycles. The first-order valence-corrected chi connectivity index (χ1v) is 6.63. The van der Waals surface area contributed by atoms with Crippen molar-refractivity contribution in [2.45, 2.75) is 45.6 Å². The molecule has 0 fully saturated rings. The molecule has 3 heteroatoms. The van der Waals surface area contributed by atoms with Gasteiger partial charge in [-0.15, -0.1) is 0 Å². The Morgan fingerprint density at radius 3 is 3.00 bits per heavy atom. The highest BCUT2D eigenvalue weighted by Crippen LogP contribution is 2.24. The van der Waals surface area contributed by atoms with E-state index in [9.17, 15) is 4.79 Å². The molecule has 2 aromatic heterocycles. The van der Waals surface area contributed by atoms with Crippen LogP contribution in [-0.4, -0.2) is 15.3 Å². The molecule has 2 aromatic rings. The van der Waals surface area contributed by atoms with Gasteiger partial charge in [-0.05, 0) is 31.5 Å². The minimum Gasteiger partial charge on any atom is -0.329 e. The fourth-order valence-electron chi connectivity index (χ4n) is 2.39. The normalized spacial score (nSPS) is 12.8. The first-order chi connectivity index (χ1) is 8.72. The van der Waals surface area contributed by atoms with Gasteiger partial charge in [0.15, 0.2) is 0 Å². The summed E-state index contributed by atoms with van der Waals surface area (Å²) in [5.74, 6) is 0.244. The van der Waals surface area contributed by atoms with Crippen molar-refractivity contribution in [3.05, 3.63) is 30.6 Å². The first-order valence-electron chi connectivity index (χ1n) is 6.63. The van der Waals surface area contributed by atoms with Crippen molar-refractivity contribution in [3.63, 3.8) is 0 Å². The average molecular weight is 244 g/mol. The van der Waals surface area contributed by atoms with E-state index in [4.69, 9.17) is 0 Å². The zero-order valence-electron chi connectivity index (χ0n) is 11.1. The molecule has 18 heavy (non-hydrogen) atoms. The van der Waals surface area contributed by atoms with Crippen LogP contribution >= 0.6 is 0 Å². The van der Waals surface area contributed by atoms with Gasteiger partial charge in [0.25, 0.3) is 0 Å². The summed E-state index contributed by atoms with van der Waals surface area (Å²) in [6.07, 6.45) is 7.80. The Labute approximate surface area is 108 Å². The molecular weight excluding hydrogens is 224 g/mol. The minimum atomic E-state index is 0.244. The summed E-state index contributed by atoms with van der Waals surface area (Å²) in [4.78, 5) is 15.8. The van der Waals surface area contributed by atoms with Gasteiger partial charge >= 0.3 is 0 Å². The van der Waals surface area contributed by atoms with E-state index in [1.54, 1.807) is 6.92 Å². The quantitative estimate of drug-likeness (QED) is 0.775. The Morgan fingerprint density at radius 2 is 2.28 bits per heavy atom. The van der Waals surface area contributed by atoms with Crippen molar-refractivity contribution in [1.82, 2.24) is 9.55 Å². The first kappa shape index (κ1) is 12.8. The number of unbranched alkanes of at least 4 members (excludes halogenated alkanes) is 1. The molecule has 2 rings (SSSR count). The van der Waals surface area contributed by atoms with Crippen molar-refractivity contribution in [2.24, 2.45) is 0 Å². The number of hydrogen-bond acceptors (Lipinski definition) is 2. The maximum absolute atomic E-state index is 11.4. The van der Waals surface area contributed by atoms with E-state index in [1.807, 2.05) is 12.3 Å². The zero-order valence-corrected chi connectivity index (χ0v) is 11.1. The van der Waals surface area contributed by atoms with E-state index in [1.165, 1.54) is 0 Å². The van der Waals surface area contributed by atoms with Crippen LogP contribution in [0.25, 0.3) is 11.0 Å². The van der Waals surface area contributed by atoms with Gasteiger partial charge in [-0.25, -0.2) is 4.98 Å². The highest BCUT2D eigenvalue weighted by atomic mass is 16.1. The molecule has 0 aromatic carbocycles. The molecule has 0 spiro atoms.